The van der Waals surface area contributed by atoms with Gasteiger partial charge in [-0.25, -0.2) is 4.79 Å². The monoisotopic (exact) mass is 545 g/mol. The highest BCUT2D eigenvalue weighted by Crippen LogP contribution is 2.41. The van der Waals surface area contributed by atoms with E-state index in [4.69, 9.17) is 14.0 Å². The Morgan fingerprint density at radius 2 is 1.62 bits per heavy atom. The molecule has 0 aromatic heterocycles. The normalized spacial score (nSPS) is 22.5. The Hall–Kier alpha value is -2.31. The Bertz CT molecular complexity index is 1250. The molecule has 6 heteroatoms. The number of ether oxygens (including phenoxy) is 1. The first-order chi connectivity index (χ1) is 18.7. The minimum absolute atomic E-state index is 0.189. The van der Waals surface area contributed by atoms with Crippen molar-refractivity contribution in [3.63, 3.8) is 0 Å². The highest BCUT2D eigenvalue weighted by atomic mass is 16.7. The summed E-state index contributed by atoms with van der Waals surface area (Å²) in [5.74, 6) is 0.944. The van der Waals surface area contributed by atoms with Crippen molar-refractivity contribution in [2.75, 3.05) is 13.1 Å². The summed E-state index contributed by atoms with van der Waals surface area (Å²) < 4.78 is 18.6. The van der Waals surface area contributed by atoms with Gasteiger partial charge in [-0.2, -0.15) is 0 Å². The van der Waals surface area contributed by atoms with Gasteiger partial charge in [0.25, 0.3) is 0 Å². The van der Waals surface area contributed by atoms with Crippen LogP contribution in [0.5, 0.6) is 0 Å². The number of benzene rings is 2. The molecular weight excluding hydrogens is 497 g/mol. The molecule has 0 bridgehead atoms. The van der Waals surface area contributed by atoms with E-state index in [2.05, 4.69) is 71.9 Å². The molecule has 2 aromatic carbocycles. The third kappa shape index (κ3) is 5.59. The van der Waals surface area contributed by atoms with Crippen molar-refractivity contribution in [1.82, 2.24) is 4.90 Å². The van der Waals surface area contributed by atoms with E-state index in [1.165, 1.54) is 38.8 Å². The van der Waals surface area contributed by atoms with Crippen LogP contribution >= 0.6 is 0 Å². The lowest BCUT2D eigenvalue weighted by atomic mass is 9.72. The number of carbonyl (C=O) groups is 1. The molecule has 1 atom stereocenters. The molecule has 2 aliphatic heterocycles. The molecule has 2 aromatic rings. The van der Waals surface area contributed by atoms with Crippen molar-refractivity contribution in [1.29, 1.82) is 0 Å². The first-order valence-electron chi connectivity index (χ1n) is 15.2. The van der Waals surface area contributed by atoms with Crippen LogP contribution in [0.2, 0.25) is 0 Å². The van der Waals surface area contributed by atoms with Crippen LogP contribution in [-0.4, -0.2) is 48.0 Å². The zero-order valence-corrected chi connectivity index (χ0v) is 26.1. The van der Waals surface area contributed by atoms with Gasteiger partial charge < -0.3 is 18.9 Å². The molecule has 1 unspecified atom stereocenters. The molecule has 216 valence electrons. The van der Waals surface area contributed by atoms with E-state index < -0.39 is 5.60 Å². The molecule has 0 N–H and O–H groups in total. The van der Waals surface area contributed by atoms with Crippen LogP contribution in [0.25, 0.3) is 0 Å². The van der Waals surface area contributed by atoms with Gasteiger partial charge in [-0.1, -0.05) is 30.3 Å². The number of nitrogens with zero attached hydrogens (tertiary/aromatic N) is 1. The van der Waals surface area contributed by atoms with Gasteiger partial charge in [-0.3, -0.25) is 0 Å². The lowest BCUT2D eigenvalue weighted by molar-refractivity contribution is 0.00578. The zero-order chi connectivity index (χ0) is 29.0. The SMILES string of the molecule is Cc1c(CC2CCc3cccc(B4OC(C)(C)C(C)(C)O4)c32)ccc(C2CCN(C(=O)OC(C)(C)C)CC2)c1C. The Kier molecular flexibility index (Phi) is 7.67. The molecule has 5 nitrogen and oxygen atoms in total. The second kappa shape index (κ2) is 10.5. The van der Waals surface area contributed by atoms with E-state index in [1.54, 1.807) is 0 Å². The lowest BCUT2D eigenvalue weighted by Crippen LogP contribution is -2.41. The number of carbonyl (C=O) groups excluding carboxylic acids is 1. The summed E-state index contributed by atoms with van der Waals surface area (Å²) in [6.45, 7) is 20.4. The quantitative estimate of drug-likeness (QED) is 0.389. The van der Waals surface area contributed by atoms with Gasteiger partial charge in [-0.15, -0.1) is 0 Å². The summed E-state index contributed by atoms with van der Waals surface area (Å²) in [6.07, 6.45) is 5.08. The number of fused-ring (bicyclic) bond motifs is 1. The molecule has 5 rings (SSSR count). The lowest BCUT2D eigenvalue weighted by Gasteiger charge is -2.34. The number of amides is 1. The van der Waals surface area contributed by atoms with Crippen LogP contribution < -0.4 is 5.46 Å². The van der Waals surface area contributed by atoms with Gasteiger partial charge >= 0.3 is 13.2 Å². The predicted octanol–water partition coefficient (Wildman–Crippen LogP) is 6.99. The van der Waals surface area contributed by atoms with Gasteiger partial charge in [0.1, 0.15) is 5.60 Å². The third-order valence-corrected chi connectivity index (χ3v) is 9.90. The average molecular weight is 546 g/mol. The van der Waals surface area contributed by atoms with Crippen molar-refractivity contribution >= 4 is 18.7 Å². The first kappa shape index (κ1) is 29.2. The second-order valence-corrected chi connectivity index (χ2v) is 14.3. The summed E-state index contributed by atoms with van der Waals surface area (Å²) in [4.78, 5) is 14.4. The fraction of sp³-hybridized carbons (Fsp3) is 0.618. The van der Waals surface area contributed by atoms with Crippen molar-refractivity contribution in [3.05, 3.63) is 63.7 Å². The Morgan fingerprint density at radius 1 is 0.975 bits per heavy atom. The fourth-order valence-corrected chi connectivity index (χ4v) is 6.73. The molecule has 2 fully saturated rings. The van der Waals surface area contributed by atoms with E-state index in [1.807, 2.05) is 25.7 Å². The minimum atomic E-state index is -0.456. The Morgan fingerprint density at radius 3 is 2.25 bits per heavy atom. The number of likely N-dealkylation sites (tertiary alicyclic amines) is 1. The zero-order valence-electron chi connectivity index (χ0n) is 26.1. The molecule has 2 heterocycles. The van der Waals surface area contributed by atoms with Crippen LogP contribution in [0.4, 0.5) is 4.79 Å². The summed E-state index contributed by atoms with van der Waals surface area (Å²) in [5, 5.41) is 0. The molecule has 0 saturated carbocycles. The smallest absolute Gasteiger partial charge is 0.444 e. The predicted molar refractivity (Wildman–Crippen MR) is 163 cm³/mol. The van der Waals surface area contributed by atoms with E-state index in [9.17, 15) is 4.79 Å². The van der Waals surface area contributed by atoms with Crippen molar-refractivity contribution in [2.45, 2.75) is 123 Å². The molecule has 3 aliphatic rings. The number of hydrogen-bond acceptors (Lipinski definition) is 4. The fourth-order valence-electron chi connectivity index (χ4n) is 6.73. The summed E-state index contributed by atoms with van der Waals surface area (Å²) >= 11 is 0. The number of rotatable bonds is 4. The summed E-state index contributed by atoms with van der Waals surface area (Å²) in [7, 11) is -0.322. The summed E-state index contributed by atoms with van der Waals surface area (Å²) in [6, 6.07) is 11.4. The molecule has 2 saturated heterocycles. The van der Waals surface area contributed by atoms with Gasteiger partial charge in [-0.05, 0) is 145 Å². The molecule has 1 amide bonds. The van der Waals surface area contributed by atoms with E-state index in [0.717, 1.165) is 45.2 Å². The molecular formula is C34H48BNO4. The topological polar surface area (TPSA) is 48.0 Å². The minimum Gasteiger partial charge on any atom is -0.444 e. The Balaban J connectivity index is 1.31. The number of aryl methyl sites for hydroxylation is 1. The van der Waals surface area contributed by atoms with Crippen molar-refractivity contribution in [2.24, 2.45) is 0 Å². The van der Waals surface area contributed by atoms with Crippen LogP contribution in [0.15, 0.2) is 30.3 Å². The van der Waals surface area contributed by atoms with E-state index in [-0.39, 0.29) is 24.4 Å². The van der Waals surface area contributed by atoms with Crippen LogP contribution in [0, 0.1) is 13.8 Å². The second-order valence-electron chi connectivity index (χ2n) is 14.3. The molecule has 0 spiro atoms. The highest BCUT2D eigenvalue weighted by Gasteiger charge is 2.52. The molecule has 0 radical (unpaired) electrons. The highest BCUT2D eigenvalue weighted by molar-refractivity contribution is 6.62. The van der Waals surface area contributed by atoms with Crippen LogP contribution in [0.3, 0.4) is 0 Å². The van der Waals surface area contributed by atoms with Crippen LogP contribution in [0.1, 0.15) is 113 Å². The van der Waals surface area contributed by atoms with Gasteiger partial charge in [0.15, 0.2) is 0 Å². The Labute approximate surface area is 242 Å². The molecule has 40 heavy (non-hydrogen) atoms. The van der Waals surface area contributed by atoms with Crippen molar-refractivity contribution < 1.29 is 18.8 Å². The summed E-state index contributed by atoms with van der Waals surface area (Å²) in [5.41, 5.74) is 8.64. The average Bonchev–Trinajstić information content (AvgIpc) is 3.37. The van der Waals surface area contributed by atoms with Crippen LogP contribution in [-0.2, 0) is 26.9 Å². The van der Waals surface area contributed by atoms with Crippen molar-refractivity contribution in [3.8, 4) is 0 Å². The molecule has 1 aliphatic carbocycles. The largest absolute Gasteiger partial charge is 0.495 e. The number of hydrogen-bond donors (Lipinski definition) is 0. The van der Waals surface area contributed by atoms with Gasteiger partial charge in [0.2, 0.25) is 0 Å². The third-order valence-electron chi connectivity index (χ3n) is 9.90. The maximum atomic E-state index is 12.5. The van der Waals surface area contributed by atoms with E-state index >= 15 is 0 Å². The maximum absolute atomic E-state index is 12.5. The van der Waals surface area contributed by atoms with Gasteiger partial charge in [0, 0.05) is 13.1 Å². The standard InChI is InChI=1S/C34H48BNO4/c1-22-23(2)28(24-17-19-36(20-18-24)31(37)38-32(3,4)5)16-15-26(22)21-27-14-13-25-11-10-12-29(30(25)27)35-39-33(6,7)34(8,9)40-35/h10-12,15-16,24,27H,13-14,17-21H2,1-9H3. The maximum Gasteiger partial charge on any atom is 0.495 e. The van der Waals surface area contributed by atoms with Gasteiger partial charge in [0.05, 0.1) is 11.2 Å². The van der Waals surface area contributed by atoms with E-state index in [0.29, 0.717) is 11.8 Å². The number of piperidine rings is 1. The first-order valence-corrected chi connectivity index (χ1v) is 15.2.